The number of carbonyl (C=O) groups excluding carboxylic acids is 1. The molecule has 1 rings (SSSR count). The Hall–Kier alpha value is -0.491. The molecule has 0 saturated heterocycles. The molecule has 1 aromatic heterocycles. The minimum atomic E-state index is -2.38. The molecule has 0 fully saturated rings. The van der Waals surface area contributed by atoms with Crippen LogP contribution in [-0.2, 0) is 4.74 Å². The first-order chi connectivity index (χ1) is 8.49. The third kappa shape index (κ3) is 5.56. The van der Waals surface area contributed by atoms with Crippen LogP contribution in [0.5, 0.6) is 0 Å². The van der Waals surface area contributed by atoms with Crippen LogP contribution in [0.15, 0.2) is 12.1 Å². The predicted molar refractivity (Wildman–Crippen MR) is 82.1 cm³/mol. The number of carbonyl (C=O) groups is 1. The monoisotopic (exact) mass is 392 g/mol. The summed E-state index contributed by atoms with van der Waals surface area (Å²) in [4.78, 5) is 22.8. The third-order valence-corrected chi connectivity index (χ3v) is 8.09. The van der Waals surface area contributed by atoms with Gasteiger partial charge < -0.3 is 0 Å². The molecule has 0 saturated carbocycles. The summed E-state index contributed by atoms with van der Waals surface area (Å²) in [5, 5.41) is 3.32. The molecule has 0 bridgehead atoms. The standard InChI is InChI=1S/C10H12ClN2O2.3CH3.Sn/c1-10(2,3)15-9(14)13-8-5-4-7(11)6-12-8;;;;/h4-5H,1-3H3,(H,12,13,14);3*1H3;. The third-order valence-electron chi connectivity index (χ3n) is 2.19. The molecule has 19 heavy (non-hydrogen) atoms. The van der Waals surface area contributed by atoms with E-state index in [1.54, 1.807) is 12.1 Å². The molecular weight excluding hydrogens is 370 g/mol. The summed E-state index contributed by atoms with van der Waals surface area (Å²) in [5.41, 5.74) is -0.525. The van der Waals surface area contributed by atoms with Gasteiger partial charge in [0.2, 0.25) is 0 Å². The average Bonchev–Trinajstić information content (AvgIpc) is 2.16. The number of amides is 1. The topological polar surface area (TPSA) is 51.2 Å². The van der Waals surface area contributed by atoms with Gasteiger partial charge >= 0.3 is 124 Å². The van der Waals surface area contributed by atoms with Gasteiger partial charge in [-0.2, -0.15) is 0 Å². The van der Waals surface area contributed by atoms with Crippen LogP contribution >= 0.6 is 11.6 Å². The van der Waals surface area contributed by atoms with Crippen molar-refractivity contribution in [1.82, 2.24) is 4.98 Å². The molecule has 1 amide bonds. The summed E-state index contributed by atoms with van der Waals surface area (Å²) in [6, 6.07) is 3.46. The molecule has 0 spiro atoms. The molecular formula is C13H21ClN2O2Sn. The number of nitrogens with zero attached hydrogens (tertiary/aromatic N) is 1. The molecule has 0 radical (unpaired) electrons. The number of hydrogen-bond donors (Lipinski definition) is 1. The van der Waals surface area contributed by atoms with Gasteiger partial charge in [0.25, 0.3) is 0 Å². The van der Waals surface area contributed by atoms with Gasteiger partial charge in [0.15, 0.2) is 0 Å². The molecule has 106 valence electrons. The number of aromatic nitrogens is 1. The first-order valence-corrected chi connectivity index (χ1v) is 16.5. The summed E-state index contributed by atoms with van der Waals surface area (Å²) < 4.78 is 6.14. The second-order valence-electron chi connectivity index (χ2n) is 6.40. The van der Waals surface area contributed by atoms with Crippen LogP contribution in [0.1, 0.15) is 20.8 Å². The summed E-state index contributed by atoms with van der Waals surface area (Å²) >= 11 is 3.78. The van der Waals surface area contributed by atoms with Crippen molar-refractivity contribution < 1.29 is 9.53 Å². The van der Waals surface area contributed by atoms with E-state index >= 15 is 0 Å². The van der Waals surface area contributed by atoms with Crippen LogP contribution in [-0.4, -0.2) is 35.1 Å². The van der Waals surface area contributed by atoms with Crippen molar-refractivity contribution in [3.05, 3.63) is 17.2 Å². The zero-order valence-electron chi connectivity index (χ0n) is 12.3. The Morgan fingerprint density at radius 2 is 1.89 bits per heavy atom. The van der Waals surface area contributed by atoms with Crippen molar-refractivity contribution in [1.29, 1.82) is 0 Å². The number of nitrogens with one attached hydrogen (secondary N) is 1. The fourth-order valence-corrected chi connectivity index (χ4v) is 7.04. The zero-order chi connectivity index (χ0) is 14.8. The fraction of sp³-hybridized carbons (Fsp3) is 0.538. The van der Waals surface area contributed by atoms with E-state index in [9.17, 15) is 4.79 Å². The quantitative estimate of drug-likeness (QED) is 0.784. The van der Waals surface area contributed by atoms with E-state index in [4.69, 9.17) is 16.3 Å². The summed E-state index contributed by atoms with van der Waals surface area (Å²) in [7, 11) is 0. The Bertz CT molecular complexity index is 479. The number of hydrogen-bond acceptors (Lipinski definition) is 3. The predicted octanol–water partition coefficient (Wildman–Crippen LogP) is 3.63. The Morgan fingerprint density at radius 1 is 1.32 bits per heavy atom. The molecule has 0 atom stereocenters. The zero-order valence-corrected chi connectivity index (χ0v) is 15.9. The number of rotatable bonds is 2. The van der Waals surface area contributed by atoms with Gasteiger partial charge in [-0.3, -0.25) is 0 Å². The van der Waals surface area contributed by atoms with Crippen molar-refractivity contribution in [2.45, 2.75) is 41.2 Å². The van der Waals surface area contributed by atoms with Crippen LogP contribution in [0, 0.1) is 0 Å². The van der Waals surface area contributed by atoms with Crippen molar-refractivity contribution >= 4 is 45.6 Å². The molecule has 0 aromatic carbocycles. The summed E-state index contributed by atoms with van der Waals surface area (Å²) in [5.74, 6) is 0.486. The Kier molecular flexibility index (Phi) is 5.12. The van der Waals surface area contributed by atoms with E-state index in [1.165, 1.54) is 0 Å². The van der Waals surface area contributed by atoms with Crippen LogP contribution in [0.3, 0.4) is 0 Å². The van der Waals surface area contributed by atoms with Gasteiger partial charge in [-0.05, 0) is 0 Å². The molecule has 0 aliphatic heterocycles. The van der Waals surface area contributed by atoms with E-state index in [0.717, 1.165) is 3.71 Å². The van der Waals surface area contributed by atoms with Gasteiger partial charge in [0.1, 0.15) is 0 Å². The normalized spacial score (nSPS) is 12.2. The first-order valence-electron chi connectivity index (χ1n) is 6.16. The van der Waals surface area contributed by atoms with Crippen LogP contribution in [0.2, 0.25) is 19.8 Å². The maximum absolute atomic E-state index is 11.7. The van der Waals surface area contributed by atoms with E-state index in [2.05, 4.69) is 25.1 Å². The Morgan fingerprint density at radius 3 is 2.37 bits per heavy atom. The Balaban J connectivity index is 2.89. The number of ether oxygens (including phenoxy) is 1. The van der Waals surface area contributed by atoms with Gasteiger partial charge in [0, 0.05) is 0 Å². The maximum atomic E-state index is 11.7. The van der Waals surface area contributed by atoms with Crippen molar-refractivity contribution in [3.8, 4) is 0 Å². The molecule has 0 unspecified atom stereocenters. The van der Waals surface area contributed by atoms with Gasteiger partial charge in [-0.15, -0.1) is 0 Å². The molecule has 1 heterocycles. The molecule has 1 N–H and O–H groups in total. The molecule has 0 aliphatic carbocycles. The SMILES string of the molecule is CC(C)(C)OC(=O)Nc1ccc(Cl)[c]([Sn]([CH3])([CH3])[CH3])n1. The molecule has 4 nitrogen and oxygen atoms in total. The van der Waals surface area contributed by atoms with Crippen LogP contribution in [0.25, 0.3) is 0 Å². The number of anilines is 1. The van der Waals surface area contributed by atoms with E-state index in [0.29, 0.717) is 10.8 Å². The summed E-state index contributed by atoms with van der Waals surface area (Å²) in [6.45, 7) is 5.46. The number of halogens is 1. The minimum absolute atomic E-state index is 0.486. The van der Waals surface area contributed by atoms with E-state index in [-0.39, 0.29) is 0 Å². The van der Waals surface area contributed by atoms with Crippen molar-refractivity contribution in [2.24, 2.45) is 0 Å². The van der Waals surface area contributed by atoms with Crippen molar-refractivity contribution in [3.63, 3.8) is 0 Å². The fourth-order valence-electron chi connectivity index (χ4n) is 1.45. The average molecular weight is 391 g/mol. The molecule has 1 aromatic rings. The number of pyridine rings is 1. The van der Waals surface area contributed by atoms with Gasteiger partial charge in [-0.25, -0.2) is 0 Å². The van der Waals surface area contributed by atoms with Crippen molar-refractivity contribution in [2.75, 3.05) is 5.32 Å². The second kappa shape index (κ2) is 5.87. The first kappa shape index (κ1) is 16.6. The van der Waals surface area contributed by atoms with E-state index in [1.807, 2.05) is 20.8 Å². The van der Waals surface area contributed by atoms with Crippen LogP contribution in [0.4, 0.5) is 10.6 Å². The van der Waals surface area contributed by atoms with Gasteiger partial charge in [0.05, 0.1) is 0 Å². The van der Waals surface area contributed by atoms with Crippen LogP contribution < -0.4 is 9.03 Å². The summed E-state index contributed by atoms with van der Waals surface area (Å²) in [6.07, 6.45) is -0.502. The second-order valence-corrected chi connectivity index (χ2v) is 21.0. The Labute approximate surface area is 123 Å². The van der Waals surface area contributed by atoms with E-state index < -0.39 is 30.1 Å². The molecule has 0 aliphatic rings. The van der Waals surface area contributed by atoms with Gasteiger partial charge in [-0.1, -0.05) is 0 Å². The molecule has 6 heteroatoms.